The van der Waals surface area contributed by atoms with Gasteiger partial charge >= 0.3 is 0 Å². The van der Waals surface area contributed by atoms with E-state index in [1.165, 1.54) is 28.2 Å². The maximum Gasteiger partial charge on any atom is 0.268 e. The number of hydrogen-bond acceptors (Lipinski definition) is 4. The largest absolute Gasteiger partial charge is 0.367 e. The molecule has 0 spiro atoms. The predicted molar refractivity (Wildman–Crippen MR) is 113 cm³/mol. The Balaban J connectivity index is 1.83. The number of halogens is 2. The summed E-state index contributed by atoms with van der Waals surface area (Å²) in [5.74, 6) is -0.463. The summed E-state index contributed by atoms with van der Waals surface area (Å²) >= 11 is 3.50. The molecule has 1 fully saturated rings. The molecular weight excluding hydrogens is 445 g/mol. The Morgan fingerprint density at radius 3 is 2.36 bits per heavy atom. The van der Waals surface area contributed by atoms with Crippen LogP contribution in [0.1, 0.15) is 6.92 Å². The second-order valence-corrected chi connectivity index (χ2v) is 9.58. The highest BCUT2D eigenvalue weighted by atomic mass is 79.9. The van der Waals surface area contributed by atoms with Crippen molar-refractivity contribution in [3.63, 3.8) is 0 Å². The minimum Gasteiger partial charge on any atom is -0.367 e. The third-order valence-electron chi connectivity index (χ3n) is 5.24. The van der Waals surface area contributed by atoms with E-state index in [0.29, 0.717) is 5.52 Å². The molecule has 1 saturated heterocycles. The van der Waals surface area contributed by atoms with Gasteiger partial charge in [-0.2, -0.15) is 0 Å². The second kappa shape index (κ2) is 7.50. The van der Waals surface area contributed by atoms with Gasteiger partial charge in [0.1, 0.15) is 5.82 Å². The summed E-state index contributed by atoms with van der Waals surface area (Å²) in [5, 5.41) is 0.880. The Morgan fingerprint density at radius 1 is 1.04 bits per heavy atom. The van der Waals surface area contributed by atoms with Crippen molar-refractivity contribution in [2.45, 2.75) is 11.8 Å². The molecular formula is C20H21BrFN3O2S. The quantitative estimate of drug-likeness (QED) is 0.585. The average molecular weight is 466 g/mol. The summed E-state index contributed by atoms with van der Waals surface area (Å²) in [6.07, 6.45) is 1.69. The number of likely N-dealkylation sites (N-methyl/N-ethyl adjacent to an activating group) is 1. The van der Waals surface area contributed by atoms with Gasteiger partial charge in [-0.1, -0.05) is 22.9 Å². The summed E-state index contributed by atoms with van der Waals surface area (Å²) in [4.78, 5) is 4.68. The summed E-state index contributed by atoms with van der Waals surface area (Å²) < 4.78 is 41.9. The van der Waals surface area contributed by atoms with Crippen molar-refractivity contribution in [3.05, 3.63) is 59.0 Å². The van der Waals surface area contributed by atoms with E-state index >= 15 is 0 Å². The van der Waals surface area contributed by atoms with Gasteiger partial charge < -0.3 is 9.80 Å². The van der Waals surface area contributed by atoms with E-state index in [9.17, 15) is 12.8 Å². The number of nitrogens with zero attached hydrogens (tertiary/aromatic N) is 3. The van der Waals surface area contributed by atoms with Crippen LogP contribution in [0.25, 0.3) is 10.9 Å². The van der Waals surface area contributed by atoms with Crippen molar-refractivity contribution in [1.29, 1.82) is 0 Å². The third-order valence-corrected chi connectivity index (χ3v) is 7.42. The Hall–Kier alpha value is -1.90. The molecule has 0 aliphatic carbocycles. The second-order valence-electron chi connectivity index (χ2n) is 6.85. The monoisotopic (exact) mass is 465 g/mol. The molecule has 0 atom stereocenters. The highest BCUT2D eigenvalue weighted by Crippen LogP contribution is 2.34. The first-order valence-corrected chi connectivity index (χ1v) is 11.4. The fraction of sp³-hybridized carbons (Fsp3) is 0.300. The zero-order valence-corrected chi connectivity index (χ0v) is 17.9. The Morgan fingerprint density at radius 2 is 1.71 bits per heavy atom. The molecule has 2 aromatic carbocycles. The van der Waals surface area contributed by atoms with Crippen LogP contribution in [0.4, 0.5) is 10.1 Å². The normalized spacial score (nSPS) is 16.0. The van der Waals surface area contributed by atoms with E-state index in [-0.39, 0.29) is 4.90 Å². The minimum atomic E-state index is -3.83. The van der Waals surface area contributed by atoms with Crippen LogP contribution in [0.5, 0.6) is 0 Å². The number of fused-ring (bicyclic) bond motifs is 1. The van der Waals surface area contributed by atoms with Gasteiger partial charge in [0.15, 0.2) is 0 Å². The smallest absolute Gasteiger partial charge is 0.268 e. The van der Waals surface area contributed by atoms with E-state index in [4.69, 9.17) is 0 Å². The highest BCUT2D eigenvalue weighted by molar-refractivity contribution is 9.10. The van der Waals surface area contributed by atoms with Crippen molar-refractivity contribution in [2.24, 2.45) is 0 Å². The summed E-state index contributed by atoms with van der Waals surface area (Å²) in [6.45, 7) is 6.74. The van der Waals surface area contributed by atoms with E-state index in [0.717, 1.165) is 48.3 Å². The molecule has 1 aliphatic rings. The molecule has 148 valence electrons. The SMILES string of the molecule is CCN1CCN(c2cn(S(=O)(=O)c3ccc(F)cc3)c3ccc(Br)cc23)CC1. The summed E-state index contributed by atoms with van der Waals surface area (Å²) in [6, 6.07) is 10.5. The van der Waals surface area contributed by atoms with Crippen molar-refractivity contribution < 1.29 is 12.8 Å². The van der Waals surface area contributed by atoms with Crippen LogP contribution in [-0.4, -0.2) is 50.0 Å². The molecule has 0 N–H and O–H groups in total. The lowest BCUT2D eigenvalue weighted by molar-refractivity contribution is 0.271. The van der Waals surface area contributed by atoms with Crippen LogP contribution in [0.15, 0.2) is 58.0 Å². The standard InChI is InChI=1S/C20H21BrFN3O2S/c1-2-23-9-11-24(12-10-23)20-14-25(19-8-3-15(21)13-18(19)20)28(26,27)17-6-4-16(22)5-7-17/h3-8,13-14H,2,9-12H2,1H3. The molecule has 0 bridgehead atoms. The van der Waals surface area contributed by atoms with E-state index in [1.54, 1.807) is 12.3 Å². The van der Waals surface area contributed by atoms with Gasteiger partial charge in [0.05, 0.1) is 16.1 Å². The number of anilines is 1. The van der Waals surface area contributed by atoms with Crippen LogP contribution in [-0.2, 0) is 10.0 Å². The lowest BCUT2D eigenvalue weighted by Crippen LogP contribution is -2.46. The zero-order valence-electron chi connectivity index (χ0n) is 15.5. The Labute approximate surface area is 172 Å². The van der Waals surface area contributed by atoms with Crippen molar-refractivity contribution in [2.75, 3.05) is 37.6 Å². The Bertz CT molecular complexity index is 1100. The summed E-state index contributed by atoms with van der Waals surface area (Å²) in [5.41, 5.74) is 1.51. The number of rotatable bonds is 4. The van der Waals surface area contributed by atoms with Crippen LogP contribution in [0.2, 0.25) is 0 Å². The first-order valence-electron chi connectivity index (χ1n) is 9.19. The topological polar surface area (TPSA) is 45.5 Å². The molecule has 28 heavy (non-hydrogen) atoms. The molecule has 4 rings (SSSR count). The van der Waals surface area contributed by atoms with Gasteiger partial charge in [-0.05, 0) is 49.0 Å². The molecule has 2 heterocycles. The molecule has 0 radical (unpaired) electrons. The van der Waals surface area contributed by atoms with Crippen LogP contribution in [0, 0.1) is 5.82 Å². The third kappa shape index (κ3) is 3.44. The van der Waals surface area contributed by atoms with E-state index in [1.807, 2.05) is 12.1 Å². The molecule has 1 aliphatic heterocycles. The average Bonchev–Trinajstić information content (AvgIpc) is 3.08. The maximum atomic E-state index is 13.3. The number of hydrogen-bond donors (Lipinski definition) is 0. The van der Waals surface area contributed by atoms with Crippen LogP contribution in [0.3, 0.4) is 0 Å². The zero-order chi connectivity index (χ0) is 19.9. The van der Waals surface area contributed by atoms with E-state index < -0.39 is 15.8 Å². The summed E-state index contributed by atoms with van der Waals surface area (Å²) in [7, 11) is -3.83. The lowest BCUT2D eigenvalue weighted by atomic mass is 10.2. The fourth-order valence-corrected chi connectivity index (χ4v) is 5.36. The minimum absolute atomic E-state index is 0.0658. The maximum absolute atomic E-state index is 13.3. The van der Waals surface area contributed by atoms with Gasteiger partial charge in [-0.25, -0.2) is 16.8 Å². The number of aromatic nitrogens is 1. The molecule has 8 heteroatoms. The molecule has 5 nitrogen and oxygen atoms in total. The number of benzene rings is 2. The lowest BCUT2D eigenvalue weighted by Gasteiger charge is -2.35. The van der Waals surface area contributed by atoms with Gasteiger partial charge in [0, 0.05) is 42.2 Å². The van der Waals surface area contributed by atoms with Crippen LogP contribution >= 0.6 is 15.9 Å². The van der Waals surface area contributed by atoms with Gasteiger partial charge in [-0.15, -0.1) is 0 Å². The molecule has 0 unspecified atom stereocenters. The molecule has 1 aromatic heterocycles. The Kier molecular flexibility index (Phi) is 5.20. The first kappa shape index (κ1) is 19.4. The fourth-order valence-electron chi connectivity index (χ4n) is 3.63. The number of piperazine rings is 1. The van der Waals surface area contributed by atoms with Crippen LogP contribution < -0.4 is 4.90 Å². The molecule has 0 amide bonds. The van der Waals surface area contributed by atoms with Gasteiger partial charge in [0.2, 0.25) is 0 Å². The molecule has 0 saturated carbocycles. The van der Waals surface area contributed by atoms with Gasteiger partial charge in [-0.3, -0.25) is 0 Å². The van der Waals surface area contributed by atoms with E-state index in [2.05, 4.69) is 32.7 Å². The predicted octanol–water partition coefficient (Wildman–Crippen LogP) is 3.92. The van der Waals surface area contributed by atoms with Crippen molar-refractivity contribution in [1.82, 2.24) is 8.87 Å². The highest BCUT2D eigenvalue weighted by Gasteiger charge is 2.25. The van der Waals surface area contributed by atoms with Gasteiger partial charge in [0.25, 0.3) is 10.0 Å². The molecule has 3 aromatic rings. The first-order chi connectivity index (χ1) is 13.4. The van der Waals surface area contributed by atoms with Crippen molar-refractivity contribution >= 4 is 42.5 Å². The van der Waals surface area contributed by atoms with Crippen molar-refractivity contribution in [3.8, 4) is 0 Å².